The molecule has 0 saturated heterocycles. The van der Waals surface area contributed by atoms with E-state index < -0.39 is 28.4 Å². The first-order chi connectivity index (χ1) is 10.8. The highest BCUT2D eigenvalue weighted by atomic mass is 35.5. The van der Waals surface area contributed by atoms with Gasteiger partial charge in [0.05, 0.1) is 21.9 Å². The van der Waals surface area contributed by atoms with Crippen molar-refractivity contribution in [2.45, 2.75) is 12.8 Å². The minimum absolute atomic E-state index is 0.0478. The molecule has 2 N–H and O–H groups in total. The lowest BCUT2D eigenvalue weighted by Gasteiger charge is -2.23. The highest BCUT2D eigenvalue weighted by Crippen LogP contribution is 2.34. The van der Waals surface area contributed by atoms with Crippen molar-refractivity contribution in [1.29, 1.82) is 5.26 Å². The second-order valence-corrected chi connectivity index (χ2v) is 5.31. The van der Waals surface area contributed by atoms with Crippen LogP contribution in [0.15, 0.2) is 35.9 Å². The topological polar surface area (TPSA) is 125 Å². The summed E-state index contributed by atoms with van der Waals surface area (Å²) in [5.74, 6) is -3.63. The molecule has 2 unspecified atom stereocenters. The first-order valence-corrected chi connectivity index (χ1v) is 7.24. The van der Waals surface area contributed by atoms with E-state index in [1.807, 2.05) is 6.07 Å². The summed E-state index contributed by atoms with van der Waals surface area (Å²) in [6, 6.07) is 7.73. The second-order valence-electron chi connectivity index (χ2n) is 4.40. The predicted octanol–water partition coefficient (Wildman–Crippen LogP) is 1.69. The standard InChI is InChI=1S/C14H14ClN3O4S/c1-2-22-14(19)12(18(20)21)11(10(7-16)13(17)23)8-3-5-9(15)6-4-8/h3-6,10-11,19H,2H2,1H3,(H2,17,23)/p-1. The van der Waals surface area contributed by atoms with Crippen molar-refractivity contribution in [1.82, 2.24) is 0 Å². The zero-order valence-corrected chi connectivity index (χ0v) is 13.6. The summed E-state index contributed by atoms with van der Waals surface area (Å²) in [4.78, 5) is 10.3. The molecule has 0 aliphatic carbocycles. The van der Waals surface area contributed by atoms with E-state index in [9.17, 15) is 20.5 Å². The minimum atomic E-state index is -1.26. The SMILES string of the molecule is CCOC([O-])=C(C(c1ccc(Cl)cc1)C(C#N)C(N)=S)[N+](=O)[O-]. The van der Waals surface area contributed by atoms with Gasteiger partial charge in [-0.3, -0.25) is 10.1 Å². The van der Waals surface area contributed by atoms with E-state index in [0.29, 0.717) is 10.6 Å². The third-order valence-electron chi connectivity index (χ3n) is 2.98. The van der Waals surface area contributed by atoms with Crippen molar-refractivity contribution in [2.75, 3.05) is 6.61 Å². The van der Waals surface area contributed by atoms with E-state index in [4.69, 9.17) is 34.3 Å². The van der Waals surface area contributed by atoms with Gasteiger partial charge in [0, 0.05) is 5.02 Å². The first kappa shape index (κ1) is 18.7. The van der Waals surface area contributed by atoms with E-state index in [0.717, 1.165) is 0 Å². The van der Waals surface area contributed by atoms with E-state index in [1.54, 1.807) is 0 Å². The molecule has 0 aromatic heterocycles. The van der Waals surface area contributed by atoms with Crippen LogP contribution in [-0.4, -0.2) is 16.5 Å². The summed E-state index contributed by atoms with van der Waals surface area (Å²) in [7, 11) is 0. The van der Waals surface area contributed by atoms with Gasteiger partial charge in [0.2, 0.25) is 0 Å². The fourth-order valence-corrected chi connectivity index (χ4v) is 2.32. The van der Waals surface area contributed by atoms with E-state index in [1.165, 1.54) is 31.2 Å². The van der Waals surface area contributed by atoms with Crippen LogP contribution in [0.1, 0.15) is 18.4 Å². The van der Waals surface area contributed by atoms with Crippen LogP contribution in [0.5, 0.6) is 0 Å². The monoisotopic (exact) mass is 354 g/mol. The number of halogens is 1. The van der Waals surface area contributed by atoms with Gasteiger partial charge in [-0.05, 0) is 24.3 Å². The van der Waals surface area contributed by atoms with Gasteiger partial charge in [0.1, 0.15) is 11.9 Å². The van der Waals surface area contributed by atoms with Crippen LogP contribution < -0.4 is 10.8 Å². The van der Waals surface area contributed by atoms with Crippen LogP contribution in [0, 0.1) is 27.4 Å². The Labute approximate surface area is 143 Å². The smallest absolute Gasteiger partial charge is 0.276 e. The van der Waals surface area contributed by atoms with E-state index >= 15 is 0 Å². The molecule has 23 heavy (non-hydrogen) atoms. The molecule has 2 atom stereocenters. The molecule has 0 heterocycles. The maximum Gasteiger partial charge on any atom is 0.276 e. The highest BCUT2D eigenvalue weighted by Gasteiger charge is 2.37. The van der Waals surface area contributed by atoms with Crippen LogP contribution in [-0.2, 0) is 4.74 Å². The molecule has 0 fully saturated rings. The molecule has 0 bridgehead atoms. The summed E-state index contributed by atoms with van der Waals surface area (Å²) in [5.41, 5.74) is 5.04. The fourth-order valence-electron chi connectivity index (χ4n) is 2.00. The number of ether oxygens (including phenoxy) is 1. The molecule has 0 saturated carbocycles. The molecule has 1 aromatic carbocycles. The molecule has 0 aliphatic rings. The Bertz CT molecular complexity index is 670. The fraction of sp³-hybridized carbons (Fsp3) is 0.286. The zero-order chi connectivity index (χ0) is 17.6. The minimum Gasteiger partial charge on any atom is -0.609 e. The third kappa shape index (κ3) is 4.55. The van der Waals surface area contributed by atoms with Crippen molar-refractivity contribution in [3.63, 3.8) is 0 Å². The molecule has 0 aliphatic heterocycles. The Morgan fingerprint density at radius 1 is 1.52 bits per heavy atom. The number of nitro groups is 1. The van der Waals surface area contributed by atoms with Crippen LogP contribution in [0.4, 0.5) is 0 Å². The van der Waals surface area contributed by atoms with Crippen molar-refractivity contribution >= 4 is 28.8 Å². The van der Waals surface area contributed by atoms with Crippen LogP contribution >= 0.6 is 23.8 Å². The lowest BCUT2D eigenvalue weighted by molar-refractivity contribution is -0.461. The normalized spacial score (nSPS) is 14.1. The number of rotatable bonds is 7. The Morgan fingerprint density at radius 3 is 2.48 bits per heavy atom. The Hall–Kier alpha value is -2.37. The summed E-state index contributed by atoms with van der Waals surface area (Å²) in [6.07, 6.45) is 0. The Kier molecular flexibility index (Phi) is 6.75. The van der Waals surface area contributed by atoms with E-state index in [2.05, 4.69) is 0 Å². The summed E-state index contributed by atoms with van der Waals surface area (Å²) < 4.78 is 4.73. The lowest BCUT2D eigenvalue weighted by Crippen LogP contribution is -2.31. The Morgan fingerprint density at radius 2 is 2.09 bits per heavy atom. The molecule has 1 rings (SSSR count). The molecule has 0 amide bonds. The number of thiocarbonyl (C=S) groups is 1. The van der Waals surface area contributed by atoms with Crippen molar-refractivity contribution in [2.24, 2.45) is 11.7 Å². The van der Waals surface area contributed by atoms with Gasteiger partial charge >= 0.3 is 0 Å². The van der Waals surface area contributed by atoms with Gasteiger partial charge in [0.15, 0.2) is 0 Å². The second kappa shape index (κ2) is 8.31. The van der Waals surface area contributed by atoms with Gasteiger partial charge in [-0.25, -0.2) is 0 Å². The number of nitriles is 1. The van der Waals surface area contributed by atoms with Gasteiger partial charge < -0.3 is 15.6 Å². The summed E-state index contributed by atoms with van der Waals surface area (Å²) in [6.45, 7) is 1.47. The molecule has 0 spiro atoms. The van der Waals surface area contributed by atoms with Crippen LogP contribution in [0.25, 0.3) is 0 Å². The lowest BCUT2D eigenvalue weighted by atomic mass is 9.84. The molecule has 0 radical (unpaired) electrons. The molecule has 122 valence electrons. The van der Waals surface area contributed by atoms with Gasteiger partial charge in [0.25, 0.3) is 5.70 Å². The average molecular weight is 355 g/mol. The predicted molar refractivity (Wildman–Crippen MR) is 85.7 cm³/mol. The zero-order valence-electron chi connectivity index (χ0n) is 12.1. The number of nitrogens with two attached hydrogens (primary N) is 1. The number of nitrogens with zero attached hydrogens (tertiary/aromatic N) is 2. The molecule has 7 nitrogen and oxygen atoms in total. The van der Waals surface area contributed by atoms with Crippen LogP contribution in [0.3, 0.4) is 0 Å². The van der Waals surface area contributed by atoms with Gasteiger partial charge in [-0.15, -0.1) is 0 Å². The average Bonchev–Trinajstić information content (AvgIpc) is 2.47. The summed E-state index contributed by atoms with van der Waals surface area (Å²) in [5, 5.41) is 33.1. The number of benzene rings is 1. The number of hydrogen-bond donors (Lipinski definition) is 1. The largest absolute Gasteiger partial charge is 0.609 e. The molecular weight excluding hydrogens is 342 g/mol. The van der Waals surface area contributed by atoms with Gasteiger partial charge in [-0.1, -0.05) is 42.9 Å². The van der Waals surface area contributed by atoms with Gasteiger partial charge in [-0.2, -0.15) is 5.26 Å². The quantitative estimate of drug-likeness (QED) is 0.341. The molecular formula is C14H13ClN3O4S-. The Balaban J connectivity index is 3.58. The first-order valence-electron chi connectivity index (χ1n) is 6.46. The maximum atomic E-state index is 12.0. The number of allylic oxidation sites excluding steroid dienone is 1. The summed E-state index contributed by atoms with van der Waals surface area (Å²) >= 11 is 10.6. The highest BCUT2D eigenvalue weighted by molar-refractivity contribution is 7.80. The van der Waals surface area contributed by atoms with Crippen molar-refractivity contribution in [3.05, 3.63) is 56.6 Å². The molecule has 1 aromatic rings. The van der Waals surface area contributed by atoms with E-state index in [-0.39, 0.29) is 11.6 Å². The van der Waals surface area contributed by atoms with Crippen molar-refractivity contribution < 1.29 is 14.8 Å². The maximum absolute atomic E-state index is 12.0. The van der Waals surface area contributed by atoms with Crippen LogP contribution in [0.2, 0.25) is 5.02 Å². The third-order valence-corrected chi connectivity index (χ3v) is 3.49. The molecule has 9 heteroatoms. The van der Waals surface area contributed by atoms with Crippen molar-refractivity contribution in [3.8, 4) is 6.07 Å². The number of hydrogen-bond acceptors (Lipinski definition) is 6.